The van der Waals surface area contributed by atoms with Crippen molar-refractivity contribution in [3.05, 3.63) is 35.4 Å². The number of hydrogen-bond donors (Lipinski definition) is 0. The molecule has 0 radical (unpaired) electrons. The van der Waals surface area contributed by atoms with Crippen molar-refractivity contribution < 1.29 is 4.79 Å². The first-order valence-electron chi connectivity index (χ1n) is 4.44. The summed E-state index contributed by atoms with van der Waals surface area (Å²) in [7, 11) is 1.98. The van der Waals surface area contributed by atoms with Crippen molar-refractivity contribution in [2.24, 2.45) is 0 Å². The van der Waals surface area contributed by atoms with Crippen LogP contribution in [-0.2, 0) is 16.9 Å². The third-order valence-corrected chi connectivity index (χ3v) is 2.99. The summed E-state index contributed by atoms with van der Waals surface area (Å²) in [5.41, 5.74) is 1.99. The van der Waals surface area contributed by atoms with Crippen LogP contribution in [0.4, 0.5) is 0 Å². The van der Waals surface area contributed by atoms with E-state index < -0.39 is 5.54 Å². The van der Waals surface area contributed by atoms with Crippen molar-refractivity contribution in [2.45, 2.75) is 19.0 Å². The van der Waals surface area contributed by atoms with Crippen LogP contribution in [0.5, 0.6) is 0 Å². The van der Waals surface area contributed by atoms with E-state index in [-0.39, 0.29) is 0 Å². The molecular weight excluding hydrogens is 162 g/mol. The Morgan fingerprint density at radius 2 is 2.15 bits per heavy atom. The Bertz CT molecular complexity index is 348. The van der Waals surface area contributed by atoms with Crippen LogP contribution in [0, 0.1) is 0 Å². The third-order valence-electron chi connectivity index (χ3n) is 2.99. The Balaban J connectivity index is 2.58. The minimum absolute atomic E-state index is 0.420. The van der Waals surface area contributed by atoms with Gasteiger partial charge in [0.2, 0.25) is 0 Å². The van der Waals surface area contributed by atoms with Crippen LogP contribution in [-0.4, -0.2) is 18.2 Å². The van der Waals surface area contributed by atoms with E-state index in [0.29, 0.717) is 0 Å². The van der Waals surface area contributed by atoms with Crippen molar-refractivity contribution in [3.8, 4) is 0 Å². The predicted molar refractivity (Wildman–Crippen MR) is 51.3 cm³/mol. The first-order valence-corrected chi connectivity index (χ1v) is 4.44. The fourth-order valence-corrected chi connectivity index (χ4v) is 1.93. The summed E-state index contributed by atoms with van der Waals surface area (Å²) in [4.78, 5) is 13.1. The van der Waals surface area contributed by atoms with Gasteiger partial charge in [-0.3, -0.25) is 4.90 Å². The van der Waals surface area contributed by atoms with E-state index in [9.17, 15) is 4.79 Å². The molecule has 0 aromatic heterocycles. The van der Waals surface area contributed by atoms with E-state index in [1.807, 2.05) is 32.2 Å². The summed E-state index contributed by atoms with van der Waals surface area (Å²) in [6.45, 7) is 2.83. The third kappa shape index (κ3) is 1.02. The van der Waals surface area contributed by atoms with Crippen LogP contribution in [0.15, 0.2) is 24.3 Å². The van der Waals surface area contributed by atoms with Crippen LogP contribution in [0.3, 0.4) is 0 Å². The molecule has 1 aliphatic rings. The van der Waals surface area contributed by atoms with Gasteiger partial charge in [0.15, 0.2) is 0 Å². The lowest BCUT2D eigenvalue weighted by Crippen LogP contribution is -2.36. The lowest BCUT2D eigenvalue weighted by Gasteiger charge is -2.26. The molecule has 0 fully saturated rings. The van der Waals surface area contributed by atoms with Gasteiger partial charge < -0.3 is 4.79 Å². The monoisotopic (exact) mass is 175 g/mol. The molecule has 1 atom stereocenters. The van der Waals surface area contributed by atoms with Crippen molar-refractivity contribution in [1.29, 1.82) is 0 Å². The van der Waals surface area contributed by atoms with Gasteiger partial charge in [0.05, 0.1) is 5.54 Å². The molecule has 1 heterocycles. The molecule has 1 aromatic rings. The fraction of sp³-hybridized carbons (Fsp3) is 0.364. The molecule has 0 aliphatic carbocycles. The number of nitrogens with zero attached hydrogens (tertiary/aromatic N) is 1. The molecule has 0 saturated carbocycles. The number of fused-ring (bicyclic) bond motifs is 1. The van der Waals surface area contributed by atoms with E-state index in [1.165, 1.54) is 5.56 Å². The normalized spacial score (nSPS) is 27.2. The Labute approximate surface area is 78.2 Å². The second-order valence-electron chi connectivity index (χ2n) is 3.78. The molecule has 0 amide bonds. The molecule has 0 spiro atoms. The Hall–Kier alpha value is -1.15. The van der Waals surface area contributed by atoms with Crippen LogP contribution in [0.25, 0.3) is 0 Å². The summed E-state index contributed by atoms with van der Waals surface area (Å²) < 4.78 is 0. The molecule has 0 bridgehead atoms. The number of hydrogen-bond acceptors (Lipinski definition) is 2. The summed E-state index contributed by atoms with van der Waals surface area (Å²) in [6.07, 6.45) is 1.03. The smallest absolute Gasteiger partial charge is 0.144 e. The number of carbonyl (C=O) groups is 1. The lowest BCUT2D eigenvalue weighted by molar-refractivity contribution is -0.116. The van der Waals surface area contributed by atoms with Crippen molar-refractivity contribution in [1.82, 2.24) is 4.90 Å². The maximum atomic E-state index is 11.1. The van der Waals surface area contributed by atoms with Gasteiger partial charge in [-0.2, -0.15) is 0 Å². The van der Waals surface area contributed by atoms with E-state index in [1.54, 1.807) is 0 Å². The molecule has 68 valence electrons. The molecule has 1 aliphatic heterocycles. The number of likely N-dealkylation sites (N-methyl/N-ethyl adjacent to an activating group) is 1. The zero-order valence-electron chi connectivity index (χ0n) is 7.95. The van der Waals surface area contributed by atoms with Crippen LogP contribution >= 0.6 is 0 Å². The molecule has 13 heavy (non-hydrogen) atoms. The largest absolute Gasteiger partial charge is 0.301 e. The van der Waals surface area contributed by atoms with Gasteiger partial charge in [0.1, 0.15) is 6.29 Å². The minimum atomic E-state index is -0.420. The molecule has 0 N–H and O–H groups in total. The second-order valence-corrected chi connectivity index (χ2v) is 3.78. The van der Waals surface area contributed by atoms with Gasteiger partial charge in [-0.15, -0.1) is 0 Å². The van der Waals surface area contributed by atoms with Crippen LogP contribution in [0.2, 0.25) is 0 Å². The predicted octanol–water partition coefficient (Wildman–Crippen LogP) is 1.55. The van der Waals surface area contributed by atoms with Gasteiger partial charge in [0.25, 0.3) is 0 Å². The quantitative estimate of drug-likeness (QED) is 0.603. The molecule has 1 aromatic carbocycles. The average Bonchev–Trinajstić information content (AvgIpc) is 2.41. The summed E-state index contributed by atoms with van der Waals surface area (Å²) >= 11 is 0. The van der Waals surface area contributed by atoms with Crippen molar-refractivity contribution in [3.63, 3.8) is 0 Å². The highest BCUT2D eigenvalue weighted by Gasteiger charge is 2.38. The Kier molecular flexibility index (Phi) is 1.74. The minimum Gasteiger partial charge on any atom is -0.301 e. The van der Waals surface area contributed by atoms with Gasteiger partial charge in [-0.05, 0) is 25.1 Å². The summed E-state index contributed by atoms with van der Waals surface area (Å²) in [6, 6.07) is 8.12. The fourth-order valence-electron chi connectivity index (χ4n) is 1.93. The van der Waals surface area contributed by atoms with Crippen molar-refractivity contribution in [2.75, 3.05) is 7.05 Å². The lowest BCUT2D eigenvalue weighted by atomic mass is 9.94. The number of benzene rings is 1. The number of carbonyl (C=O) groups excluding carboxylic acids is 1. The van der Waals surface area contributed by atoms with E-state index >= 15 is 0 Å². The molecule has 2 nitrogen and oxygen atoms in total. The topological polar surface area (TPSA) is 20.3 Å². The maximum absolute atomic E-state index is 11.1. The maximum Gasteiger partial charge on any atom is 0.144 e. The van der Waals surface area contributed by atoms with Crippen LogP contribution < -0.4 is 0 Å². The standard InChI is InChI=1S/C11H13NO/c1-11(8-13)10-6-4-3-5-9(10)7-12(11)2/h3-6,8H,7H2,1-2H3. The molecule has 0 saturated heterocycles. The van der Waals surface area contributed by atoms with Crippen molar-refractivity contribution >= 4 is 6.29 Å². The SMILES string of the molecule is CN1Cc2ccccc2C1(C)C=O. The second kappa shape index (κ2) is 2.67. The van der Waals surface area contributed by atoms with E-state index in [2.05, 4.69) is 11.0 Å². The zero-order chi connectivity index (χ0) is 9.47. The van der Waals surface area contributed by atoms with Gasteiger partial charge >= 0.3 is 0 Å². The van der Waals surface area contributed by atoms with Gasteiger partial charge in [0, 0.05) is 6.54 Å². The number of aldehydes is 1. The Morgan fingerprint density at radius 3 is 2.85 bits per heavy atom. The van der Waals surface area contributed by atoms with Gasteiger partial charge in [-0.1, -0.05) is 24.3 Å². The molecule has 1 unspecified atom stereocenters. The first kappa shape index (κ1) is 8.45. The molecule has 2 rings (SSSR count). The summed E-state index contributed by atoms with van der Waals surface area (Å²) in [5, 5.41) is 0. The number of rotatable bonds is 1. The average molecular weight is 175 g/mol. The molecular formula is C11H13NO. The zero-order valence-corrected chi connectivity index (χ0v) is 7.95. The first-order chi connectivity index (χ1) is 6.18. The summed E-state index contributed by atoms with van der Waals surface area (Å²) in [5.74, 6) is 0. The highest BCUT2D eigenvalue weighted by atomic mass is 16.1. The van der Waals surface area contributed by atoms with Crippen LogP contribution in [0.1, 0.15) is 18.1 Å². The van der Waals surface area contributed by atoms with Gasteiger partial charge in [-0.25, -0.2) is 0 Å². The highest BCUT2D eigenvalue weighted by Crippen LogP contribution is 2.35. The van der Waals surface area contributed by atoms with E-state index in [4.69, 9.17) is 0 Å². The van der Waals surface area contributed by atoms with E-state index in [0.717, 1.165) is 18.4 Å². The molecule has 2 heteroatoms. The highest BCUT2D eigenvalue weighted by molar-refractivity contribution is 5.69. The Morgan fingerprint density at radius 1 is 1.46 bits per heavy atom.